The highest BCUT2D eigenvalue weighted by Gasteiger charge is 2.34. The molecule has 3 rings (SSSR count). The number of nitrogens with zero attached hydrogens (tertiary/aromatic N) is 1. The maximum absolute atomic E-state index is 3.68. The van der Waals surface area contributed by atoms with Gasteiger partial charge in [0.15, 0.2) is 0 Å². The van der Waals surface area contributed by atoms with Gasteiger partial charge in [0.05, 0.1) is 0 Å². The maximum Gasteiger partial charge on any atom is 0.0449 e. The van der Waals surface area contributed by atoms with Gasteiger partial charge in [-0.2, -0.15) is 0 Å². The van der Waals surface area contributed by atoms with Gasteiger partial charge in [-0.1, -0.05) is 36.8 Å². The first-order valence-electron chi connectivity index (χ1n) is 8.30. The highest BCUT2D eigenvalue weighted by atomic mass is 15.2. The highest BCUT2D eigenvalue weighted by molar-refractivity contribution is 5.24. The van der Waals surface area contributed by atoms with Gasteiger partial charge in [-0.3, -0.25) is 4.90 Å². The SMILES string of the molecule is CCNC(CN(CC1CC1)C1CC1)c1ccc(C)cc1. The Balaban J connectivity index is 1.66. The van der Waals surface area contributed by atoms with Gasteiger partial charge in [-0.15, -0.1) is 0 Å². The largest absolute Gasteiger partial charge is 0.309 e. The van der Waals surface area contributed by atoms with E-state index < -0.39 is 0 Å². The van der Waals surface area contributed by atoms with E-state index in [0.717, 1.165) is 18.5 Å². The van der Waals surface area contributed by atoms with E-state index in [0.29, 0.717) is 6.04 Å². The molecule has 1 aromatic carbocycles. The van der Waals surface area contributed by atoms with Crippen molar-refractivity contribution in [2.24, 2.45) is 5.92 Å². The molecule has 2 aliphatic carbocycles. The Bertz CT molecular complexity index is 418. The van der Waals surface area contributed by atoms with Gasteiger partial charge in [-0.05, 0) is 50.6 Å². The van der Waals surface area contributed by atoms with Crippen LogP contribution in [-0.2, 0) is 0 Å². The fourth-order valence-electron chi connectivity index (χ4n) is 3.01. The van der Waals surface area contributed by atoms with E-state index in [1.54, 1.807) is 0 Å². The lowest BCUT2D eigenvalue weighted by Crippen LogP contribution is -2.37. The molecule has 1 N–H and O–H groups in total. The zero-order chi connectivity index (χ0) is 13.9. The van der Waals surface area contributed by atoms with Gasteiger partial charge in [0, 0.05) is 25.2 Å². The zero-order valence-electron chi connectivity index (χ0n) is 12.9. The average Bonchev–Trinajstić information content (AvgIpc) is 3.31. The van der Waals surface area contributed by atoms with Gasteiger partial charge in [0.2, 0.25) is 0 Å². The summed E-state index contributed by atoms with van der Waals surface area (Å²) in [6.07, 6.45) is 5.75. The van der Waals surface area contributed by atoms with E-state index in [-0.39, 0.29) is 0 Å². The third-order valence-corrected chi connectivity index (χ3v) is 4.60. The zero-order valence-corrected chi connectivity index (χ0v) is 12.9. The van der Waals surface area contributed by atoms with Crippen molar-refractivity contribution in [1.82, 2.24) is 10.2 Å². The monoisotopic (exact) mass is 272 g/mol. The van der Waals surface area contributed by atoms with Gasteiger partial charge in [0.25, 0.3) is 0 Å². The first kappa shape index (κ1) is 14.1. The van der Waals surface area contributed by atoms with Crippen LogP contribution in [0.15, 0.2) is 24.3 Å². The fourth-order valence-corrected chi connectivity index (χ4v) is 3.01. The van der Waals surface area contributed by atoms with Gasteiger partial charge < -0.3 is 5.32 Å². The van der Waals surface area contributed by atoms with Crippen molar-refractivity contribution in [2.75, 3.05) is 19.6 Å². The van der Waals surface area contributed by atoms with E-state index >= 15 is 0 Å². The molecule has 0 amide bonds. The van der Waals surface area contributed by atoms with Crippen molar-refractivity contribution in [3.63, 3.8) is 0 Å². The molecule has 20 heavy (non-hydrogen) atoms. The van der Waals surface area contributed by atoms with Gasteiger partial charge in [-0.25, -0.2) is 0 Å². The van der Waals surface area contributed by atoms with Gasteiger partial charge in [0.1, 0.15) is 0 Å². The number of nitrogens with one attached hydrogen (secondary N) is 1. The van der Waals surface area contributed by atoms with Crippen LogP contribution in [0.3, 0.4) is 0 Å². The molecule has 2 aliphatic rings. The van der Waals surface area contributed by atoms with Crippen molar-refractivity contribution < 1.29 is 0 Å². The molecule has 0 heterocycles. The molecule has 0 bridgehead atoms. The molecule has 1 atom stereocenters. The number of aryl methyl sites for hydroxylation is 1. The summed E-state index contributed by atoms with van der Waals surface area (Å²) in [4.78, 5) is 2.75. The van der Waals surface area contributed by atoms with Crippen LogP contribution in [0.1, 0.15) is 49.8 Å². The lowest BCUT2D eigenvalue weighted by atomic mass is 10.0. The summed E-state index contributed by atoms with van der Waals surface area (Å²) in [7, 11) is 0. The molecule has 0 radical (unpaired) electrons. The van der Waals surface area contributed by atoms with Crippen molar-refractivity contribution >= 4 is 0 Å². The lowest BCUT2D eigenvalue weighted by Gasteiger charge is -2.28. The summed E-state index contributed by atoms with van der Waals surface area (Å²) in [5.74, 6) is 0.996. The topological polar surface area (TPSA) is 15.3 Å². The van der Waals surface area contributed by atoms with E-state index in [9.17, 15) is 0 Å². The summed E-state index contributed by atoms with van der Waals surface area (Å²) < 4.78 is 0. The predicted molar refractivity (Wildman–Crippen MR) is 84.9 cm³/mol. The maximum atomic E-state index is 3.68. The third kappa shape index (κ3) is 3.83. The molecule has 0 saturated heterocycles. The molecule has 2 fully saturated rings. The van der Waals surface area contributed by atoms with E-state index in [4.69, 9.17) is 0 Å². The normalized spacial score (nSPS) is 20.4. The first-order chi connectivity index (χ1) is 9.76. The minimum Gasteiger partial charge on any atom is -0.309 e. The second-order valence-corrected chi connectivity index (χ2v) is 6.65. The van der Waals surface area contributed by atoms with Crippen LogP contribution in [-0.4, -0.2) is 30.6 Å². The van der Waals surface area contributed by atoms with Crippen LogP contribution in [0.5, 0.6) is 0 Å². The molecule has 1 aromatic rings. The van der Waals surface area contributed by atoms with Crippen LogP contribution in [0.4, 0.5) is 0 Å². The van der Waals surface area contributed by atoms with Crippen LogP contribution >= 0.6 is 0 Å². The van der Waals surface area contributed by atoms with Crippen molar-refractivity contribution in [3.05, 3.63) is 35.4 Å². The summed E-state index contributed by atoms with van der Waals surface area (Å²) in [5.41, 5.74) is 2.79. The number of hydrogen-bond donors (Lipinski definition) is 1. The summed E-state index contributed by atoms with van der Waals surface area (Å²) in [5, 5.41) is 3.68. The van der Waals surface area contributed by atoms with Crippen molar-refractivity contribution in [3.8, 4) is 0 Å². The molecule has 2 saturated carbocycles. The fraction of sp³-hybridized carbons (Fsp3) is 0.667. The molecule has 110 valence electrons. The molecule has 0 aliphatic heterocycles. The minimum atomic E-state index is 0.486. The van der Waals surface area contributed by atoms with Crippen LogP contribution < -0.4 is 5.32 Å². The molecule has 0 aromatic heterocycles. The van der Waals surface area contributed by atoms with E-state index in [1.165, 1.54) is 49.9 Å². The second-order valence-electron chi connectivity index (χ2n) is 6.65. The smallest absolute Gasteiger partial charge is 0.0449 e. The Morgan fingerprint density at radius 3 is 2.40 bits per heavy atom. The minimum absolute atomic E-state index is 0.486. The van der Waals surface area contributed by atoms with Crippen LogP contribution in [0.25, 0.3) is 0 Å². The summed E-state index contributed by atoms with van der Waals surface area (Å²) in [6, 6.07) is 10.4. The number of rotatable bonds is 8. The molecular weight excluding hydrogens is 244 g/mol. The highest BCUT2D eigenvalue weighted by Crippen LogP contribution is 2.35. The average molecular weight is 272 g/mol. The quantitative estimate of drug-likeness (QED) is 0.779. The Hall–Kier alpha value is -0.860. The van der Waals surface area contributed by atoms with Crippen LogP contribution in [0, 0.1) is 12.8 Å². The predicted octanol–water partition coefficient (Wildman–Crippen LogP) is 3.52. The number of hydrogen-bond acceptors (Lipinski definition) is 2. The van der Waals surface area contributed by atoms with Gasteiger partial charge >= 0.3 is 0 Å². The standard InChI is InChI=1S/C18H28N2/c1-3-19-18(16-8-4-14(2)5-9-16)13-20(17-10-11-17)12-15-6-7-15/h4-5,8-9,15,17-19H,3,6-7,10-13H2,1-2H3. The third-order valence-electron chi connectivity index (χ3n) is 4.60. The number of benzene rings is 1. The van der Waals surface area contributed by atoms with Crippen LogP contribution in [0.2, 0.25) is 0 Å². The second kappa shape index (κ2) is 6.28. The van der Waals surface area contributed by atoms with E-state index in [1.807, 2.05) is 0 Å². The Kier molecular flexibility index (Phi) is 4.42. The molecule has 2 heteroatoms. The molecule has 2 nitrogen and oxygen atoms in total. The van der Waals surface area contributed by atoms with Crippen molar-refractivity contribution in [2.45, 2.75) is 51.6 Å². The Morgan fingerprint density at radius 2 is 1.85 bits per heavy atom. The first-order valence-corrected chi connectivity index (χ1v) is 8.30. The van der Waals surface area contributed by atoms with Crippen molar-refractivity contribution in [1.29, 1.82) is 0 Å². The Labute approximate surface area is 123 Å². The summed E-state index contributed by atoms with van der Waals surface area (Å²) >= 11 is 0. The molecule has 1 unspecified atom stereocenters. The molecular formula is C18H28N2. The Morgan fingerprint density at radius 1 is 1.15 bits per heavy atom. The summed E-state index contributed by atoms with van der Waals surface area (Å²) in [6.45, 7) is 7.93. The lowest BCUT2D eigenvalue weighted by molar-refractivity contribution is 0.225. The van der Waals surface area contributed by atoms with E-state index in [2.05, 4.69) is 48.3 Å². The number of likely N-dealkylation sites (N-methyl/N-ethyl adjacent to an activating group) is 1. The molecule has 0 spiro atoms.